The Balaban J connectivity index is 1.81. The number of pyridine rings is 1. The van der Waals surface area contributed by atoms with Gasteiger partial charge in [0.25, 0.3) is 0 Å². The van der Waals surface area contributed by atoms with Crippen molar-refractivity contribution in [3.8, 4) is 0 Å². The van der Waals surface area contributed by atoms with Gasteiger partial charge in [0.1, 0.15) is 0 Å². The Morgan fingerprint density at radius 3 is 2.39 bits per heavy atom. The molecule has 0 bridgehead atoms. The van der Waals surface area contributed by atoms with Crippen LogP contribution in [-0.2, 0) is 0 Å². The fourth-order valence-electron chi connectivity index (χ4n) is 4.02. The van der Waals surface area contributed by atoms with E-state index in [0.29, 0.717) is 5.92 Å². The molecule has 2 aromatic heterocycles. The van der Waals surface area contributed by atoms with Crippen molar-refractivity contribution >= 4 is 23.0 Å². The molecule has 1 aliphatic heterocycles. The van der Waals surface area contributed by atoms with Crippen LogP contribution in [0.2, 0.25) is 0 Å². The number of anilines is 1. The Hall–Kier alpha value is -2.66. The lowest BCUT2D eigenvalue weighted by molar-refractivity contribution is 0.566. The number of nitrogens with zero attached hydrogens (tertiary/aromatic N) is 2. The fourth-order valence-corrected chi connectivity index (χ4v) is 4.37. The van der Waals surface area contributed by atoms with Crippen LogP contribution in [0.4, 0.5) is 5.69 Å². The minimum absolute atomic E-state index is 0.00706. The highest BCUT2D eigenvalue weighted by atomic mass is 32.1. The molecule has 1 aromatic carbocycles. The van der Waals surface area contributed by atoms with Gasteiger partial charge in [-0.3, -0.25) is 4.98 Å². The minimum atomic E-state index is -0.00706. The molecular formula is C23H26N4S. The third kappa shape index (κ3) is 3.31. The highest BCUT2D eigenvalue weighted by Crippen LogP contribution is 2.42. The fraction of sp³-hybridized carbons (Fsp3) is 0.304. The van der Waals surface area contributed by atoms with Crippen molar-refractivity contribution in [2.24, 2.45) is 0 Å². The van der Waals surface area contributed by atoms with E-state index in [1.807, 2.05) is 18.3 Å². The molecule has 3 heterocycles. The number of benzene rings is 1. The van der Waals surface area contributed by atoms with Gasteiger partial charge < -0.3 is 15.2 Å². The number of nitrogens with one attached hydrogen (secondary N) is 2. The van der Waals surface area contributed by atoms with Crippen LogP contribution in [0.25, 0.3) is 0 Å². The number of H-pyrrole nitrogens is 1. The van der Waals surface area contributed by atoms with Crippen molar-refractivity contribution in [1.82, 2.24) is 15.3 Å². The molecule has 1 aliphatic rings. The van der Waals surface area contributed by atoms with E-state index in [0.717, 1.165) is 22.2 Å². The maximum absolute atomic E-state index is 5.79. The molecule has 4 nitrogen and oxygen atoms in total. The summed E-state index contributed by atoms with van der Waals surface area (Å²) < 4.78 is 0. The predicted octanol–water partition coefficient (Wildman–Crippen LogP) is 5.33. The van der Waals surface area contributed by atoms with E-state index < -0.39 is 0 Å². The number of aromatic amines is 1. The van der Waals surface area contributed by atoms with E-state index in [1.165, 1.54) is 16.8 Å². The molecule has 0 amide bonds. The van der Waals surface area contributed by atoms with Crippen LogP contribution < -0.4 is 10.2 Å². The van der Waals surface area contributed by atoms with Gasteiger partial charge >= 0.3 is 0 Å². The van der Waals surface area contributed by atoms with Gasteiger partial charge in [0.2, 0.25) is 0 Å². The SMILES string of the molecule is Cc1cc([C@H]2[C@H](c3ccccn3)NC(=S)N2c2ccc(C(C)C)cc2)c(C)[nH]1. The Morgan fingerprint density at radius 1 is 1.07 bits per heavy atom. The van der Waals surface area contributed by atoms with Gasteiger partial charge in [0.05, 0.1) is 17.8 Å². The molecule has 1 saturated heterocycles. The topological polar surface area (TPSA) is 44.0 Å². The van der Waals surface area contributed by atoms with E-state index >= 15 is 0 Å². The highest BCUT2D eigenvalue weighted by molar-refractivity contribution is 7.80. The van der Waals surface area contributed by atoms with Crippen LogP contribution in [0.1, 0.15) is 60.1 Å². The predicted molar refractivity (Wildman–Crippen MR) is 119 cm³/mol. The molecule has 0 saturated carbocycles. The molecule has 3 aromatic rings. The lowest BCUT2D eigenvalue weighted by Crippen LogP contribution is -2.29. The Morgan fingerprint density at radius 2 is 1.82 bits per heavy atom. The largest absolute Gasteiger partial charge is 0.362 e. The maximum Gasteiger partial charge on any atom is 0.174 e. The van der Waals surface area contributed by atoms with Gasteiger partial charge in [-0.05, 0) is 73.4 Å². The number of hydrogen-bond acceptors (Lipinski definition) is 2. The number of rotatable bonds is 4. The van der Waals surface area contributed by atoms with Gasteiger partial charge in [-0.25, -0.2) is 0 Å². The summed E-state index contributed by atoms with van der Waals surface area (Å²) in [6.07, 6.45) is 1.84. The summed E-state index contributed by atoms with van der Waals surface area (Å²) in [5.41, 5.74) is 6.98. The van der Waals surface area contributed by atoms with Crippen LogP contribution in [0.5, 0.6) is 0 Å². The molecule has 0 unspecified atom stereocenters. The maximum atomic E-state index is 5.79. The smallest absolute Gasteiger partial charge is 0.174 e. The first-order valence-electron chi connectivity index (χ1n) is 9.72. The van der Waals surface area contributed by atoms with Gasteiger partial charge in [-0.1, -0.05) is 32.0 Å². The lowest BCUT2D eigenvalue weighted by Gasteiger charge is -2.28. The van der Waals surface area contributed by atoms with E-state index in [2.05, 4.69) is 84.3 Å². The third-order valence-corrected chi connectivity index (χ3v) is 5.76. The van der Waals surface area contributed by atoms with Gasteiger partial charge in [-0.2, -0.15) is 0 Å². The molecule has 0 spiro atoms. The average molecular weight is 391 g/mol. The summed E-state index contributed by atoms with van der Waals surface area (Å²) in [6, 6.07) is 17.0. The summed E-state index contributed by atoms with van der Waals surface area (Å²) in [5.74, 6) is 0.504. The number of hydrogen-bond donors (Lipinski definition) is 2. The molecule has 5 heteroatoms. The summed E-state index contributed by atoms with van der Waals surface area (Å²) in [5, 5.41) is 4.25. The van der Waals surface area contributed by atoms with Crippen molar-refractivity contribution in [3.63, 3.8) is 0 Å². The first-order valence-corrected chi connectivity index (χ1v) is 10.1. The van der Waals surface area contributed by atoms with Crippen LogP contribution >= 0.6 is 12.2 Å². The average Bonchev–Trinajstić information content (AvgIpc) is 3.20. The van der Waals surface area contributed by atoms with Crippen molar-refractivity contribution < 1.29 is 0 Å². The van der Waals surface area contributed by atoms with Crippen molar-refractivity contribution in [3.05, 3.63) is 82.9 Å². The molecule has 28 heavy (non-hydrogen) atoms. The van der Waals surface area contributed by atoms with E-state index in [-0.39, 0.29) is 12.1 Å². The molecule has 0 radical (unpaired) electrons. The summed E-state index contributed by atoms with van der Waals surface area (Å²) in [4.78, 5) is 10.3. The van der Waals surface area contributed by atoms with E-state index in [4.69, 9.17) is 12.2 Å². The van der Waals surface area contributed by atoms with Crippen LogP contribution in [0.3, 0.4) is 0 Å². The third-order valence-electron chi connectivity index (χ3n) is 5.44. The van der Waals surface area contributed by atoms with Crippen molar-refractivity contribution in [2.45, 2.75) is 45.7 Å². The molecule has 2 N–H and O–H groups in total. The number of aromatic nitrogens is 2. The number of thiocarbonyl (C=S) groups is 1. The summed E-state index contributed by atoms with van der Waals surface area (Å²) in [7, 11) is 0. The van der Waals surface area contributed by atoms with Gasteiger partial charge in [0, 0.05) is 23.3 Å². The quantitative estimate of drug-likeness (QED) is 0.591. The van der Waals surface area contributed by atoms with E-state index in [1.54, 1.807) is 0 Å². The van der Waals surface area contributed by atoms with Gasteiger partial charge in [0.15, 0.2) is 5.11 Å². The first-order chi connectivity index (χ1) is 13.5. The molecule has 0 aliphatic carbocycles. The van der Waals surface area contributed by atoms with E-state index in [9.17, 15) is 0 Å². The zero-order chi connectivity index (χ0) is 19.8. The second kappa shape index (κ2) is 7.40. The van der Waals surface area contributed by atoms with Crippen LogP contribution in [0, 0.1) is 13.8 Å². The molecular weight excluding hydrogens is 364 g/mol. The Bertz CT molecular complexity index is 976. The summed E-state index contributed by atoms with van der Waals surface area (Å²) >= 11 is 5.79. The highest BCUT2D eigenvalue weighted by Gasteiger charge is 2.41. The minimum Gasteiger partial charge on any atom is -0.362 e. The zero-order valence-corrected chi connectivity index (χ0v) is 17.5. The monoisotopic (exact) mass is 390 g/mol. The lowest BCUT2D eigenvalue weighted by atomic mass is 9.96. The molecule has 2 atom stereocenters. The van der Waals surface area contributed by atoms with Crippen molar-refractivity contribution in [2.75, 3.05) is 4.90 Å². The second-order valence-electron chi connectivity index (χ2n) is 7.78. The summed E-state index contributed by atoms with van der Waals surface area (Å²) in [6.45, 7) is 8.64. The number of aryl methyl sites for hydroxylation is 2. The molecule has 1 fully saturated rings. The van der Waals surface area contributed by atoms with Crippen LogP contribution in [0.15, 0.2) is 54.7 Å². The normalized spacial score (nSPS) is 19.3. The first kappa shape index (κ1) is 18.7. The molecule has 144 valence electrons. The zero-order valence-electron chi connectivity index (χ0n) is 16.7. The molecule has 4 rings (SSSR count). The van der Waals surface area contributed by atoms with Crippen molar-refractivity contribution in [1.29, 1.82) is 0 Å². The Labute approximate surface area is 172 Å². The standard InChI is InChI=1S/C23H26N4S/c1-14(2)17-8-10-18(11-9-17)27-22(19-13-15(3)25-16(19)4)21(26-23(27)28)20-7-5-6-12-24-20/h5-14,21-22,25H,1-4H3,(H,26,28)/t21-,22-/m0/s1. The van der Waals surface area contributed by atoms with Gasteiger partial charge in [-0.15, -0.1) is 0 Å². The van der Waals surface area contributed by atoms with Crippen LogP contribution in [-0.4, -0.2) is 15.1 Å². The Kier molecular flexibility index (Phi) is 4.94. The second-order valence-corrected chi connectivity index (χ2v) is 8.16.